The van der Waals surface area contributed by atoms with Gasteiger partial charge in [0.1, 0.15) is 0 Å². The molecule has 0 radical (unpaired) electrons. The maximum Gasteiger partial charge on any atom is 0.0931 e. The monoisotopic (exact) mass is 242 g/mol. The minimum atomic E-state index is -0.522. The third-order valence-corrected chi connectivity index (χ3v) is 2.89. The molecule has 0 aliphatic carbocycles. The first kappa shape index (κ1) is 12.6. The Hall–Kier alpha value is -1.87. The second-order valence-electron chi connectivity index (χ2n) is 4.20. The van der Waals surface area contributed by atoms with Crippen molar-refractivity contribution in [2.45, 2.75) is 20.0 Å². The highest BCUT2D eigenvalue weighted by Crippen LogP contribution is 2.24. The summed E-state index contributed by atoms with van der Waals surface area (Å²) in [6, 6.07) is 14.1. The van der Waals surface area contributed by atoms with Crippen LogP contribution in [0.15, 0.2) is 48.7 Å². The number of hydrogen-bond donors (Lipinski definition) is 1. The highest BCUT2D eigenvalue weighted by Gasteiger charge is 2.08. The number of pyridine rings is 1. The summed E-state index contributed by atoms with van der Waals surface area (Å²) in [5.41, 5.74) is 2.88. The lowest BCUT2D eigenvalue weighted by atomic mass is 10.2. The van der Waals surface area contributed by atoms with Gasteiger partial charge in [-0.25, -0.2) is 0 Å². The van der Waals surface area contributed by atoms with Gasteiger partial charge in [-0.2, -0.15) is 0 Å². The minimum Gasteiger partial charge on any atom is -0.387 e. The summed E-state index contributed by atoms with van der Waals surface area (Å²) >= 11 is 0. The van der Waals surface area contributed by atoms with Crippen LogP contribution in [0, 0.1) is 0 Å². The SMILES string of the molecule is CCN(c1ccccc1)c1ccc([C@H](C)O)nc1. The molecule has 2 rings (SSSR count). The van der Waals surface area contributed by atoms with Gasteiger partial charge in [-0.05, 0) is 38.1 Å². The number of aliphatic hydroxyl groups excluding tert-OH is 1. The summed E-state index contributed by atoms with van der Waals surface area (Å²) in [4.78, 5) is 6.46. The number of rotatable bonds is 4. The van der Waals surface area contributed by atoms with Crippen molar-refractivity contribution < 1.29 is 5.11 Å². The minimum absolute atomic E-state index is 0.522. The van der Waals surface area contributed by atoms with Crippen molar-refractivity contribution in [2.24, 2.45) is 0 Å². The lowest BCUT2D eigenvalue weighted by Gasteiger charge is -2.23. The van der Waals surface area contributed by atoms with E-state index >= 15 is 0 Å². The van der Waals surface area contributed by atoms with Crippen LogP contribution >= 0.6 is 0 Å². The van der Waals surface area contributed by atoms with Crippen molar-refractivity contribution in [3.8, 4) is 0 Å². The van der Waals surface area contributed by atoms with Gasteiger partial charge in [0.2, 0.25) is 0 Å². The number of benzene rings is 1. The summed E-state index contributed by atoms with van der Waals surface area (Å²) in [5, 5.41) is 9.45. The van der Waals surface area contributed by atoms with Crippen LogP contribution in [0.2, 0.25) is 0 Å². The van der Waals surface area contributed by atoms with E-state index < -0.39 is 6.10 Å². The van der Waals surface area contributed by atoms with Gasteiger partial charge in [-0.3, -0.25) is 4.98 Å². The Morgan fingerprint density at radius 2 is 1.83 bits per heavy atom. The van der Waals surface area contributed by atoms with Gasteiger partial charge >= 0.3 is 0 Å². The summed E-state index contributed by atoms with van der Waals surface area (Å²) in [6.07, 6.45) is 1.28. The molecular weight excluding hydrogens is 224 g/mol. The van der Waals surface area contributed by atoms with E-state index in [1.54, 1.807) is 13.1 Å². The van der Waals surface area contributed by atoms with E-state index in [0.29, 0.717) is 5.69 Å². The Morgan fingerprint density at radius 3 is 2.33 bits per heavy atom. The van der Waals surface area contributed by atoms with E-state index in [2.05, 4.69) is 28.9 Å². The van der Waals surface area contributed by atoms with Gasteiger partial charge in [0.15, 0.2) is 0 Å². The molecule has 0 unspecified atom stereocenters. The average molecular weight is 242 g/mol. The van der Waals surface area contributed by atoms with E-state index in [-0.39, 0.29) is 0 Å². The molecule has 3 nitrogen and oxygen atoms in total. The lowest BCUT2D eigenvalue weighted by molar-refractivity contribution is 0.194. The molecule has 1 N–H and O–H groups in total. The van der Waals surface area contributed by atoms with Crippen molar-refractivity contribution in [1.82, 2.24) is 4.98 Å². The predicted octanol–water partition coefficient (Wildman–Crippen LogP) is 3.29. The van der Waals surface area contributed by atoms with Gasteiger partial charge in [0.25, 0.3) is 0 Å². The van der Waals surface area contributed by atoms with Gasteiger partial charge in [-0.15, -0.1) is 0 Å². The van der Waals surface area contributed by atoms with Crippen LogP contribution < -0.4 is 4.90 Å². The topological polar surface area (TPSA) is 36.4 Å². The summed E-state index contributed by atoms with van der Waals surface area (Å²) < 4.78 is 0. The Morgan fingerprint density at radius 1 is 1.11 bits per heavy atom. The van der Waals surface area contributed by atoms with Gasteiger partial charge in [0.05, 0.1) is 23.7 Å². The highest BCUT2D eigenvalue weighted by atomic mass is 16.3. The third-order valence-electron chi connectivity index (χ3n) is 2.89. The molecule has 2 aromatic rings. The average Bonchev–Trinajstić information content (AvgIpc) is 2.41. The zero-order chi connectivity index (χ0) is 13.0. The van der Waals surface area contributed by atoms with Crippen molar-refractivity contribution in [3.05, 3.63) is 54.4 Å². The molecule has 0 spiro atoms. The maximum absolute atomic E-state index is 9.45. The van der Waals surface area contributed by atoms with E-state index in [0.717, 1.165) is 17.9 Å². The van der Waals surface area contributed by atoms with Crippen molar-refractivity contribution in [2.75, 3.05) is 11.4 Å². The molecule has 0 fully saturated rings. The Balaban J connectivity index is 2.28. The molecule has 0 aliphatic rings. The van der Waals surface area contributed by atoms with E-state index in [4.69, 9.17) is 0 Å². The van der Waals surface area contributed by atoms with Gasteiger partial charge in [-0.1, -0.05) is 18.2 Å². The van der Waals surface area contributed by atoms with E-state index in [1.165, 1.54) is 0 Å². The van der Waals surface area contributed by atoms with E-state index in [9.17, 15) is 5.11 Å². The zero-order valence-electron chi connectivity index (χ0n) is 10.7. The predicted molar refractivity (Wildman–Crippen MR) is 74.0 cm³/mol. The van der Waals surface area contributed by atoms with Crippen LogP contribution in [0.4, 0.5) is 11.4 Å². The maximum atomic E-state index is 9.45. The molecular formula is C15H18N2O. The molecule has 1 heterocycles. The Labute approximate surface area is 108 Å². The normalized spacial score (nSPS) is 12.2. The fourth-order valence-corrected chi connectivity index (χ4v) is 1.93. The number of nitrogens with zero attached hydrogens (tertiary/aromatic N) is 2. The summed E-state index contributed by atoms with van der Waals surface area (Å²) in [7, 11) is 0. The van der Waals surface area contributed by atoms with Crippen LogP contribution in [0.5, 0.6) is 0 Å². The van der Waals surface area contributed by atoms with Crippen LogP contribution in [-0.2, 0) is 0 Å². The van der Waals surface area contributed by atoms with Crippen LogP contribution in [-0.4, -0.2) is 16.6 Å². The lowest BCUT2D eigenvalue weighted by Crippen LogP contribution is -2.16. The van der Waals surface area contributed by atoms with Crippen molar-refractivity contribution in [3.63, 3.8) is 0 Å². The van der Waals surface area contributed by atoms with Crippen molar-refractivity contribution >= 4 is 11.4 Å². The Bertz CT molecular complexity index is 480. The van der Waals surface area contributed by atoms with Gasteiger partial charge in [0, 0.05) is 12.2 Å². The molecule has 0 saturated carbocycles. The molecule has 1 aromatic carbocycles. The largest absolute Gasteiger partial charge is 0.387 e. The molecule has 94 valence electrons. The molecule has 0 saturated heterocycles. The fourth-order valence-electron chi connectivity index (χ4n) is 1.93. The van der Waals surface area contributed by atoms with Crippen LogP contribution in [0.3, 0.4) is 0 Å². The zero-order valence-corrected chi connectivity index (χ0v) is 10.7. The molecule has 18 heavy (non-hydrogen) atoms. The summed E-state index contributed by atoms with van der Waals surface area (Å²) in [6.45, 7) is 4.70. The molecule has 1 atom stereocenters. The number of anilines is 2. The highest BCUT2D eigenvalue weighted by molar-refractivity contribution is 5.62. The number of aliphatic hydroxyl groups is 1. The van der Waals surface area contributed by atoms with Crippen LogP contribution in [0.1, 0.15) is 25.6 Å². The molecule has 0 bridgehead atoms. The number of para-hydroxylation sites is 1. The quantitative estimate of drug-likeness (QED) is 0.893. The first-order chi connectivity index (χ1) is 8.72. The molecule has 3 heteroatoms. The third kappa shape index (κ3) is 2.68. The molecule has 0 aliphatic heterocycles. The number of hydrogen-bond acceptors (Lipinski definition) is 3. The molecule has 1 aromatic heterocycles. The Kier molecular flexibility index (Phi) is 3.95. The molecule has 0 amide bonds. The first-order valence-electron chi connectivity index (χ1n) is 6.19. The van der Waals surface area contributed by atoms with Gasteiger partial charge < -0.3 is 10.0 Å². The standard InChI is InChI=1S/C15H18N2O/c1-3-17(13-7-5-4-6-8-13)14-9-10-15(12(2)18)16-11-14/h4-12,18H,3H2,1-2H3/t12-/m0/s1. The van der Waals surface area contributed by atoms with Crippen LogP contribution in [0.25, 0.3) is 0 Å². The van der Waals surface area contributed by atoms with Crippen molar-refractivity contribution in [1.29, 1.82) is 0 Å². The fraction of sp³-hybridized carbons (Fsp3) is 0.267. The second kappa shape index (κ2) is 5.65. The second-order valence-corrected chi connectivity index (χ2v) is 4.20. The summed E-state index contributed by atoms with van der Waals surface area (Å²) in [5.74, 6) is 0. The van der Waals surface area contributed by atoms with E-state index in [1.807, 2.05) is 30.3 Å². The first-order valence-corrected chi connectivity index (χ1v) is 6.19. The number of aromatic nitrogens is 1. The smallest absolute Gasteiger partial charge is 0.0931 e.